The standard InChI is InChI=1S/C10H18N2O/c1-4-12-8(7(2)3)11-10(5-6-10)9(12)13/h7-8,11H,4-6H2,1-3H3. The molecule has 0 aromatic carbocycles. The van der Waals surface area contributed by atoms with E-state index >= 15 is 0 Å². The van der Waals surface area contributed by atoms with Gasteiger partial charge in [0.25, 0.3) is 0 Å². The van der Waals surface area contributed by atoms with Gasteiger partial charge in [0.15, 0.2) is 0 Å². The van der Waals surface area contributed by atoms with Gasteiger partial charge in [-0.2, -0.15) is 0 Å². The Morgan fingerprint density at radius 3 is 2.54 bits per heavy atom. The van der Waals surface area contributed by atoms with Crippen molar-refractivity contribution in [3.8, 4) is 0 Å². The van der Waals surface area contributed by atoms with Crippen LogP contribution in [0.4, 0.5) is 0 Å². The summed E-state index contributed by atoms with van der Waals surface area (Å²) in [5.41, 5.74) is -0.134. The summed E-state index contributed by atoms with van der Waals surface area (Å²) >= 11 is 0. The van der Waals surface area contributed by atoms with E-state index in [9.17, 15) is 4.79 Å². The molecule has 3 nitrogen and oxygen atoms in total. The van der Waals surface area contributed by atoms with Gasteiger partial charge in [0.05, 0.1) is 11.7 Å². The second kappa shape index (κ2) is 2.71. The summed E-state index contributed by atoms with van der Waals surface area (Å²) in [6.45, 7) is 7.21. The molecular weight excluding hydrogens is 164 g/mol. The number of amides is 1. The third-order valence-electron chi connectivity index (χ3n) is 3.15. The number of hydrogen-bond acceptors (Lipinski definition) is 2. The first-order chi connectivity index (χ1) is 6.10. The van der Waals surface area contributed by atoms with Crippen LogP contribution in [0.15, 0.2) is 0 Å². The van der Waals surface area contributed by atoms with E-state index in [2.05, 4.69) is 26.1 Å². The zero-order valence-electron chi connectivity index (χ0n) is 8.63. The number of nitrogens with zero attached hydrogens (tertiary/aromatic N) is 1. The van der Waals surface area contributed by atoms with Crippen LogP contribution in [-0.2, 0) is 4.79 Å². The van der Waals surface area contributed by atoms with Crippen LogP contribution in [0.25, 0.3) is 0 Å². The van der Waals surface area contributed by atoms with Crippen LogP contribution in [0.2, 0.25) is 0 Å². The van der Waals surface area contributed by atoms with Gasteiger partial charge < -0.3 is 4.90 Å². The van der Waals surface area contributed by atoms with E-state index < -0.39 is 0 Å². The van der Waals surface area contributed by atoms with Crippen molar-refractivity contribution in [3.05, 3.63) is 0 Å². The van der Waals surface area contributed by atoms with E-state index in [0.717, 1.165) is 19.4 Å². The van der Waals surface area contributed by atoms with Gasteiger partial charge in [-0.15, -0.1) is 0 Å². The SMILES string of the molecule is CCN1C(=O)C2(CC2)NC1C(C)C. The summed E-state index contributed by atoms with van der Waals surface area (Å²) in [4.78, 5) is 13.9. The fourth-order valence-corrected chi connectivity index (χ4v) is 2.17. The second-order valence-corrected chi connectivity index (χ2v) is 4.51. The van der Waals surface area contributed by atoms with Crippen molar-refractivity contribution in [1.29, 1.82) is 0 Å². The maximum Gasteiger partial charge on any atom is 0.244 e. The van der Waals surface area contributed by atoms with Crippen molar-refractivity contribution in [2.75, 3.05) is 6.54 Å². The van der Waals surface area contributed by atoms with E-state index in [1.807, 2.05) is 4.90 Å². The molecule has 2 fully saturated rings. The number of rotatable bonds is 2. The number of carbonyl (C=O) groups is 1. The van der Waals surface area contributed by atoms with Gasteiger partial charge in [-0.3, -0.25) is 10.1 Å². The highest BCUT2D eigenvalue weighted by Gasteiger charge is 2.58. The molecule has 1 heterocycles. The lowest BCUT2D eigenvalue weighted by Gasteiger charge is -2.25. The minimum atomic E-state index is -0.134. The average molecular weight is 182 g/mol. The summed E-state index contributed by atoms with van der Waals surface area (Å²) < 4.78 is 0. The molecule has 1 aliphatic heterocycles. The summed E-state index contributed by atoms with van der Waals surface area (Å²) in [7, 11) is 0. The zero-order chi connectivity index (χ0) is 9.64. The summed E-state index contributed by atoms with van der Waals surface area (Å²) in [6, 6.07) is 0. The van der Waals surface area contributed by atoms with Crippen LogP contribution >= 0.6 is 0 Å². The predicted octanol–water partition coefficient (Wildman–Crippen LogP) is 0.953. The monoisotopic (exact) mass is 182 g/mol. The Morgan fingerprint density at radius 2 is 2.23 bits per heavy atom. The van der Waals surface area contributed by atoms with E-state index in [1.165, 1.54) is 0 Å². The minimum absolute atomic E-state index is 0.134. The Morgan fingerprint density at radius 1 is 1.62 bits per heavy atom. The molecule has 0 radical (unpaired) electrons. The van der Waals surface area contributed by atoms with Gasteiger partial charge >= 0.3 is 0 Å². The molecule has 1 atom stereocenters. The van der Waals surface area contributed by atoms with Gasteiger partial charge in [0.2, 0.25) is 5.91 Å². The lowest BCUT2D eigenvalue weighted by atomic mass is 10.1. The normalized spacial score (nSPS) is 30.6. The maximum atomic E-state index is 11.9. The largest absolute Gasteiger partial charge is 0.326 e. The number of hydrogen-bond donors (Lipinski definition) is 1. The second-order valence-electron chi connectivity index (χ2n) is 4.51. The molecule has 1 N–H and O–H groups in total. The quantitative estimate of drug-likeness (QED) is 0.689. The van der Waals surface area contributed by atoms with Crippen LogP contribution in [-0.4, -0.2) is 29.1 Å². The first kappa shape index (κ1) is 9.00. The third-order valence-corrected chi connectivity index (χ3v) is 3.15. The third kappa shape index (κ3) is 1.17. The first-order valence-electron chi connectivity index (χ1n) is 5.19. The molecule has 1 saturated carbocycles. The molecule has 0 bridgehead atoms. The fourth-order valence-electron chi connectivity index (χ4n) is 2.17. The molecule has 1 spiro atoms. The average Bonchev–Trinajstić information content (AvgIpc) is 2.78. The van der Waals surface area contributed by atoms with Crippen LogP contribution in [0.5, 0.6) is 0 Å². The van der Waals surface area contributed by atoms with E-state index in [0.29, 0.717) is 11.8 Å². The number of likely N-dealkylation sites (N-methyl/N-ethyl adjacent to an activating group) is 1. The smallest absolute Gasteiger partial charge is 0.244 e. The maximum absolute atomic E-state index is 11.9. The highest BCUT2D eigenvalue weighted by Crippen LogP contribution is 2.42. The van der Waals surface area contributed by atoms with Crippen molar-refractivity contribution in [2.24, 2.45) is 5.92 Å². The van der Waals surface area contributed by atoms with Crippen LogP contribution < -0.4 is 5.32 Å². The van der Waals surface area contributed by atoms with Crippen molar-refractivity contribution < 1.29 is 4.79 Å². The van der Waals surface area contributed by atoms with Gasteiger partial charge in [-0.1, -0.05) is 13.8 Å². The fraction of sp³-hybridized carbons (Fsp3) is 0.900. The molecule has 0 aromatic rings. The summed E-state index contributed by atoms with van der Waals surface area (Å²) in [6.07, 6.45) is 2.33. The van der Waals surface area contributed by atoms with Crippen molar-refractivity contribution >= 4 is 5.91 Å². The lowest BCUT2D eigenvalue weighted by Crippen LogP contribution is -2.41. The molecule has 1 amide bonds. The van der Waals surface area contributed by atoms with Crippen LogP contribution in [0.3, 0.4) is 0 Å². The first-order valence-corrected chi connectivity index (χ1v) is 5.19. The predicted molar refractivity (Wildman–Crippen MR) is 51.1 cm³/mol. The van der Waals surface area contributed by atoms with Crippen molar-refractivity contribution in [3.63, 3.8) is 0 Å². The zero-order valence-corrected chi connectivity index (χ0v) is 8.63. The topological polar surface area (TPSA) is 32.3 Å². The lowest BCUT2D eigenvalue weighted by molar-refractivity contribution is -0.131. The molecule has 13 heavy (non-hydrogen) atoms. The van der Waals surface area contributed by atoms with Gasteiger partial charge in [-0.05, 0) is 25.7 Å². The Kier molecular flexibility index (Phi) is 1.88. The molecule has 3 heteroatoms. The van der Waals surface area contributed by atoms with Crippen molar-refractivity contribution in [1.82, 2.24) is 10.2 Å². The number of carbonyl (C=O) groups excluding carboxylic acids is 1. The van der Waals surface area contributed by atoms with Gasteiger partial charge in [0, 0.05) is 6.54 Å². The summed E-state index contributed by atoms with van der Waals surface area (Å²) in [5, 5.41) is 3.47. The molecular formula is C10H18N2O. The Labute approximate surface area is 79.5 Å². The van der Waals surface area contributed by atoms with Gasteiger partial charge in [-0.25, -0.2) is 0 Å². The van der Waals surface area contributed by atoms with E-state index in [4.69, 9.17) is 0 Å². The molecule has 74 valence electrons. The molecule has 2 rings (SSSR count). The number of nitrogens with one attached hydrogen (secondary N) is 1. The Hall–Kier alpha value is -0.570. The van der Waals surface area contributed by atoms with Crippen LogP contribution in [0, 0.1) is 5.92 Å². The van der Waals surface area contributed by atoms with Gasteiger partial charge in [0.1, 0.15) is 0 Å². The molecule has 0 aromatic heterocycles. The molecule has 1 aliphatic carbocycles. The molecule has 1 saturated heterocycles. The van der Waals surface area contributed by atoms with Crippen molar-refractivity contribution in [2.45, 2.75) is 45.3 Å². The van der Waals surface area contributed by atoms with Crippen LogP contribution in [0.1, 0.15) is 33.6 Å². The molecule has 2 aliphatic rings. The molecule has 1 unspecified atom stereocenters. The minimum Gasteiger partial charge on any atom is -0.326 e. The summed E-state index contributed by atoms with van der Waals surface area (Å²) in [5.74, 6) is 0.831. The Balaban J connectivity index is 2.18. The van der Waals surface area contributed by atoms with E-state index in [-0.39, 0.29) is 11.7 Å². The Bertz CT molecular complexity index is 233. The highest BCUT2D eigenvalue weighted by molar-refractivity contribution is 5.91. The van der Waals surface area contributed by atoms with E-state index in [1.54, 1.807) is 0 Å². The highest BCUT2D eigenvalue weighted by atomic mass is 16.2.